The zero-order valence-corrected chi connectivity index (χ0v) is 24.7. The van der Waals surface area contributed by atoms with Gasteiger partial charge in [0.1, 0.15) is 18.1 Å². The second kappa shape index (κ2) is 13.6. The molecule has 0 aliphatic carbocycles. The van der Waals surface area contributed by atoms with Gasteiger partial charge in [-0.1, -0.05) is 23.7 Å². The summed E-state index contributed by atoms with van der Waals surface area (Å²) in [5.74, 6) is 1.23. The number of carbonyl (C=O) groups excluding carboxylic acids is 2. The van der Waals surface area contributed by atoms with Gasteiger partial charge in [0.2, 0.25) is 0 Å². The maximum absolute atomic E-state index is 12.4. The molecule has 0 spiro atoms. The second-order valence-corrected chi connectivity index (χ2v) is 10.0. The number of nitrogens with zero attached hydrogens (tertiary/aromatic N) is 1. The van der Waals surface area contributed by atoms with E-state index in [1.165, 1.54) is 13.3 Å². The predicted molar refractivity (Wildman–Crippen MR) is 156 cm³/mol. The quantitative estimate of drug-likeness (QED) is 0.0998. The molecule has 0 radical (unpaired) electrons. The lowest BCUT2D eigenvalue weighted by atomic mass is 9.95. The number of carbonyl (C=O) groups is 2. The van der Waals surface area contributed by atoms with Gasteiger partial charge in [0.25, 0.3) is 0 Å². The molecule has 0 saturated carbocycles. The number of halogens is 2. The van der Waals surface area contributed by atoms with Crippen LogP contribution < -0.4 is 25.5 Å². The number of methoxy groups -OCH3 is 1. The van der Waals surface area contributed by atoms with Crippen molar-refractivity contribution in [2.75, 3.05) is 20.3 Å². The van der Waals surface area contributed by atoms with Gasteiger partial charge >= 0.3 is 12.0 Å². The second-order valence-electron chi connectivity index (χ2n) is 8.75. The van der Waals surface area contributed by atoms with Crippen LogP contribution in [-0.2, 0) is 9.53 Å². The van der Waals surface area contributed by atoms with Crippen LogP contribution >= 0.6 is 27.5 Å². The number of benzene rings is 2. The Hall–Kier alpha value is -4.00. The smallest absolute Gasteiger partial charge is 0.337 e. The summed E-state index contributed by atoms with van der Waals surface area (Å²) in [6.45, 7) is 3.61. The first-order chi connectivity index (χ1) is 19.7. The first-order valence-corrected chi connectivity index (χ1v) is 13.6. The van der Waals surface area contributed by atoms with Gasteiger partial charge in [0.15, 0.2) is 17.7 Å². The Labute approximate surface area is 249 Å². The number of hydrogen-bond acceptors (Lipinski definition) is 9. The van der Waals surface area contributed by atoms with E-state index in [9.17, 15) is 14.7 Å². The van der Waals surface area contributed by atoms with Crippen LogP contribution in [0, 0.1) is 0 Å². The first-order valence-electron chi connectivity index (χ1n) is 12.5. The van der Waals surface area contributed by atoms with Crippen molar-refractivity contribution in [3.8, 4) is 22.8 Å². The summed E-state index contributed by atoms with van der Waals surface area (Å²) in [4.78, 5) is 24.5. The Kier molecular flexibility index (Phi) is 9.92. The summed E-state index contributed by atoms with van der Waals surface area (Å²) < 4.78 is 22.9. The number of ether oxygens (including phenoxy) is 3. The van der Waals surface area contributed by atoms with Crippen LogP contribution in [0.4, 0.5) is 4.79 Å². The number of allylic oxidation sites excluding steroid dienone is 1. The van der Waals surface area contributed by atoms with Gasteiger partial charge in [-0.25, -0.2) is 9.59 Å². The van der Waals surface area contributed by atoms with Crippen molar-refractivity contribution in [3.05, 3.63) is 80.6 Å². The van der Waals surface area contributed by atoms with Crippen LogP contribution in [-0.4, -0.2) is 49.9 Å². The highest BCUT2D eigenvalue weighted by atomic mass is 79.9. The van der Waals surface area contributed by atoms with Gasteiger partial charge in [-0.3, -0.25) is 5.43 Å². The molecule has 2 amide bonds. The third kappa shape index (κ3) is 7.40. The number of aliphatic hydroxyl groups excluding tert-OH is 1. The molecule has 0 bridgehead atoms. The summed E-state index contributed by atoms with van der Waals surface area (Å²) in [5, 5.41) is 20.2. The Morgan fingerprint density at radius 2 is 2.02 bits per heavy atom. The minimum atomic E-state index is -1.15. The van der Waals surface area contributed by atoms with E-state index in [0.717, 1.165) is 10.0 Å². The van der Waals surface area contributed by atoms with Crippen molar-refractivity contribution >= 4 is 45.7 Å². The van der Waals surface area contributed by atoms with E-state index in [1.54, 1.807) is 43.3 Å². The molecule has 2 atom stereocenters. The molecule has 0 saturated heterocycles. The number of esters is 1. The molecular formula is C28H28BrClN4O7. The molecule has 1 aromatic heterocycles. The van der Waals surface area contributed by atoms with E-state index in [1.807, 2.05) is 19.1 Å². The zero-order valence-electron chi connectivity index (χ0n) is 22.4. The minimum absolute atomic E-state index is 0.159. The summed E-state index contributed by atoms with van der Waals surface area (Å²) in [5.41, 5.74) is 4.63. The topological polar surface area (TPSA) is 144 Å². The van der Waals surface area contributed by atoms with Crippen LogP contribution in [0.25, 0.3) is 11.3 Å². The molecular weight excluding hydrogens is 620 g/mol. The van der Waals surface area contributed by atoms with Crippen LogP contribution in [0.15, 0.2) is 73.8 Å². The number of rotatable bonds is 11. The maximum atomic E-state index is 12.4. The van der Waals surface area contributed by atoms with E-state index in [0.29, 0.717) is 45.9 Å². The zero-order chi connectivity index (χ0) is 29.5. The average Bonchev–Trinajstić information content (AvgIpc) is 3.42. The summed E-state index contributed by atoms with van der Waals surface area (Å²) in [6.07, 6.45) is 0.273. The Morgan fingerprint density at radius 3 is 2.76 bits per heavy atom. The van der Waals surface area contributed by atoms with E-state index in [2.05, 4.69) is 37.1 Å². The molecule has 2 aromatic carbocycles. The third-order valence-electron chi connectivity index (χ3n) is 5.92. The fraction of sp³-hybridized carbons (Fsp3) is 0.250. The molecule has 0 fully saturated rings. The minimum Gasteiger partial charge on any atom is -0.490 e. The highest BCUT2D eigenvalue weighted by Gasteiger charge is 2.32. The van der Waals surface area contributed by atoms with E-state index < -0.39 is 24.3 Å². The normalized spacial score (nSPS) is 15.8. The highest BCUT2D eigenvalue weighted by Crippen LogP contribution is 2.35. The summed E-state index contributed by atoms with van der Waals surface area (Å²) >= 11 is 9.52. The van der Waals surface area contributed by atoms with Crippen molar-refractivity contribution < 1.29 is 33.3 Å². The Balaban J connectivity index is 1.39. The predicted octanol–water partition coefficient (Wildman–Crippen LogP) is 4.88. The lowest BCUT2D eigenvalue weighted by molar-refractivity contribution is -0.136. The number of urea groups is 1. The molecule has 41 heavy (non-hydrogen) atoms. The van der Waals surface area contributed by atoms with Crippen LogP contribution in [0.5, 0.6) is 11.5 Å². The van der Waals surface area contributed by atoms with Gasteiger partial charge in [-0.2, -0.15) is 5.10 Å². The molecule has 2 heterocycles. The molecule has 13 heteroatoms. The first kappa shape index (κ1) is 30.0. The number of aliphatic hydroxyl groups is 1. The van der Waals surface area contributed by atoms with Crippen molar-refractivity contribution in [2.45, 2.75) is 26.1 Å². The summed E-state index contributed by atoms with van der Waals surface area (Å²) in [6, 6.07) is 12.8. The number of nitrogens with one attached hydrogen (secondary N) is 3. The molecule has 216 valence electrons. The summed E-state index contributed by atoms with van der Waals surface area (Å²) in [7, 11) is 1.27. The molecule has 4 N–H and O–H groups in total. The van der Waals surface area contributed by atoms with Gasteiger partial charge in [-0.05, 0) is 71.7 Å². The lowest BCUT2D eigenvalue weighted by Gasteiger charge is -2.28. The van der Waals surface area contributed by atoms with Crippen LogP contribution in [0.1, 0.15) is 31.2 Å². The molecule has 1 aliphatic heterocycles. The largest absolute Gasteiger partial charge is 0.490 e. The standard InChI is InChI=1S/C28H28BrClN4O7/c1-4-39-23-12-17(26-25(27(36)38-3)15(2)32-28(37)33-26)6-9-22(23)40-14-24(35)34-31-13-18-7-10-21(41-18)16-5-8-19(29)20(30)11-16/h5-13,24,26,34-35H,4,14H2,1-3H3,(H2,32,33,37)/b31-13-/t24-,26-/m1/s1. The van der Waals surface area contributed by atoms with Crippen molar-refractivity contribution in [1.82, 2.24) is 16.1 Å². The highest BCUT2D eigenvalue weighted by molar-refractivity contribution is 9.10. The number of furan rings is 1. The lowest BCUT2D eigenvalue weighted by Crippen LogP contribution is -2.45. The Morgan fingerprint density at radius 1 is 1.22 bits per heavy atom. The molecule has 11 nitrogen and oxygen atoms in total. The fourth-order valence-electron chi connectivity index (χ4n) is 4.04. The van der Waals surface area contributed by atoms with Crippen molar-refractivity contribution in [2.24, 2.45) is 5.10 Å². The van der Waals surface area contributed by atoms with Crippen LogP contribution in [0.2, 0.25) is 5.02 Å². The molecule has 3 aromatic rings. The van der Waals surface area contributed by atoms with E-state index in [4.69, 9.17) is 30.2 Å². The number of hydrazone groups is 1. The van der Waals surface area contributed by atoms with Gasteiger partial charge in [-0.15, -0.1) is 0 Å². The van der Waals surface area contributed by atoms with Crippen molar-refractivity contribution in [1.29, 1.82) is 0 Å². The van der Waals surface area contributed by atoms with E-state index in [-0.39, 0.29) is 12.2 Å². The molecule has 1 aliphatic rings. The molecule has 4 rings (SSSR count). The fourth-order valence-corrected chi connectivity index (χ4v) is 4.46. The average molecular weight is 648 g/mol. The van der Waals surface area contributed by atoms with Gasteiger partial charge in [0.05, 0.1) is 36.6 Å². The van der Waals surface area contributed by atoms with Gasteiger partial charge < -0.3 is 34.4 Å². The van der Waals surface area contributed by atoms with E-state index >= 15 is 0 Å². The van der Waals surface area contributed by atoms with Crippen molar-refractivity contribution in [3.63, 3.8) is 0 Å². The third-order valence-corrected chi connectivity index (χ3v) is 7.15. The monoisotopic (exact) mass is 646 g/mol. The van der Waals surface area contributed by atoms with Gasteiger partial charge in [0, 0.05) is 15.7 Å². The molecule has 0 unspecified atom stereocenters. The van der Waals surface area contributed by atoms with Crippen LogP contribution in [0.3, 0.4) is 0 Å². The number of hydrogen-bond donors (Lipinski definition) is 4. The maximum Gasteiger partial charge on any atom is 0.337 e. The Bertz CT molecular complexity index is 1490. The SMILES string of the molecule is CCOc1cc([C@H]2NC(=O)NC(C)=C2C(=O)OC)ccc1OC[C@@H](O)N/N=C\c1ccc(-c2ccc(Br)c(Cl)c2)o1. The number of amides is 2.